The molecule has 1 rings (SSSR count). The lowest BCUT2D eigenvalue weighted by Crippen LogP contribution is -2.58. The van der Waals surface area contributed by atoms with Crippen molar-refractivity contribution in [2.24, 2.45) is 11.5 Å². The lowest BCUT2D eigenvalue weighted by molar-refractivity contribution is -0.142. The van der Waals surface area contributed by atoms with Crippen molar-refractivity contribution in [2.45, 2.75) is 62.9 Å². The van der Waals surface area contributed by atoms with Gasteiger partial charge < -0.3 is 37.6 Å². The van der Waals surface area contributed by atoms with Crippen LogP contribution in [-0.4, -0.2) is 82.1 Å². The summed E-state index contributed by atoms with van der Waals surface area (Å²) < 4.78 is 0. The Kier molecular flexibility index (Phi) is 13.5. The second kappa shape index (κ2) is 15.8. The minimum Gasteiger partial charge on any atom is -0.480 e. The van der Waals surface area contributed by atoms with Crippen molar-refractivity contribution in [2.75, 3.05) is 12.0 Å². The van der Waals surface area contributed by atoms with Gasteiger partial charge in [0.05, 0.1) is 6.10 Å². The summed E-state index contributed by atoms with van der Waals surface area (Å²) in [4.78, 5) is 61.3. The first kappa shape index (κ1) is 30.9. The maximum Gasteiger partial charge on any atom is 0.326 e. The quantitative estimate of drug-likeness (QED) is 0.133. The third-order valence-electron chi connectivity index (χ3n) is 5.28. The molecule has 0 bridgehead atoms. The first-order valence-electron chi connectivity index (χ1n) is 11.3. The second-order valence-corrected chi connectivity index (χ2v) is 9.25. The number of benzene rings is 1. The molecule has 1 aromatic rings. The monoisotopic (exact) mass is 525 g/mol. The Hall–Kier alpha value is -3.16. The van der Waals surface area contributed by atoms with Crippen LogP contribution < -0.4 is 27.4 Å². The van der Waals surface area contributed by atoms with Crippen molar-refractivity contribution < 1.29 is 34.2 Å². The van der Waals surface area contributed by atoms with E-state index in [0.29, 0.717) is 11.3 Å². The number of aliphatic hydroxyl groups excluding tert-OH is 1. The molecule has 0 radical (unpaired) electrons. The highest BCUT2D eigenvalue weighted by atomic mass is 32.2. The van der Waals surface area contributed by atoms with Gasteiger partial charge in [-0.25, -0.2) is 4.79 Å². The molecule has 4 amide bonds. The fraction of sp³-hybridized carbons (Fsp3) is 0.522. The van der Waals surface area contributed by atoms with Gasteiger partial charge in [-0.05, 0) is 37.3 Å². The zero-order chi connectivity index (χ0) is 27.3. The van der Waals surface area contributed by atoms with Crippen LogP contribution in [0.3, 0.4) is 0 Å². The molecule has 13 heteroatoms. The number of nitrogens with two attached hydrogens (primary N) is 2. The molecule has 0 heterocycles. The van der Waals surface area contributed by atoms with E-state index >= 15 is 0 Å². The minimum atomic E-state index is -1.32. The van der Waals surface area contributed by atoms with E-state index in [1.165, 1.54) is 18.7 Å². The third-order valence-corrected chi connectivity index (χ3v) is 5.92. The lowest BCUT2D eigenvalue weighted by Gasteiger charge is -2.25. The van der Waals surface area contributed by atoms with Crippen molar-refractivity contribution in [3.05, 3.63) is 35.9 Å². The molecule has 1 aromatic carbocycles. The van der Waals surface area contributed by atoms with Gasteiger partial charge in [-0.15, -0.1) is 0 Å². The van der Waals surface area contributed by atoms with E-state index in [2.05, 4.69) is 16.0 Å². The molecule has 0 aliphatic rings. The molecular formula is C23H35N5O7S. The van der Waals surface area contributed by atoms with E-state index in [4.69, 9.17) is 11.5 Å². The minimum absolute atomic E-state index is 0.0413. The van der Waals surface area contributed by atoms with Gasteiger partial charge in [-0.1, -0.05) is 30.3 Å². The molecule has 0 aliphatic carbocycles. The first-order valence-corrected chi connectivity index (χ1v) is 12.7. The number of hydrogen-bond donors (Lipinski definition) is 7. The molecule has 0 saturated carbocycles. The number of carboxylic acids is 1. The second-order valence-electron chi connectivity index (χ2n) is 8.26. The first-order chi connectivity index (χ1) is 17.0. The van der Waals surface area contributed by atoms with Gasteiger partial charge in [0, 0.05) is 12.8 Å². The van der Waals surface area contributed by atoms with E-state index in [1.54, 1.807) is 36.6 Å². The third kappa shape index (κ3) is 11.1. The van der Waals surface area contributed by atoms with E-state index in [9.17, 15) is 34.2 Å². The molecule has 0 spiro atoms. The van der Waals surface area contributed by atoms with Gasteiger partial charge in [0.15, 0.2) is 0 Å². The number of carboxylic acid groups (broad SMARTS) is 1. The summed E-state index contributed by atoms with van der Waals surface area (Å²) in [5.74, 6) is -3.78. The Morgan fingerprint density at radius 2 is 1.44 bits per heavy atom. The molecular weight excluding hydrogens is 490 g/mol. The molecule has 5 atom stereocenters. The number of carbonyl (C=O) groups excluding carboxylic acids is 4. The Morgan fingerprint density at radius 1 is 0.917 bits per heavy atom. The normalized spacial score (nSPS) is 15.0. The average molecular weight is 526 g/mol. The molecule has 200 valence electrons. The Balaban J connectivity index is 3.01. The van der Waals surface area contributed by atoms with Gasteiger partial charge in [0.2, 0.25) is 23.6 Å². The van der Waals surface area contributed by atoms with Crippen molar-refractivity contribution in [3.63, 3.8) is 0 Å². The number of aliphatic carboxylic acids is 1. The predicted octanol–water partition coefficient (Wildman–Crippen LogP) is -1.51. The number of hydrogen-bond acceptors (Lipinski definition) is 8. The molecule has 0 aliphatic heterocycles. The van der Waals surface area contributed by atoms with Crippen LogP contribution in [-0.2, 0) is 30.4 Å². The predicted molar refractivity (Wildman–Crippen MR) is 135 cm³/mol. The maximum atomic E-state index is 13.0. The summed E-state index contributed by atoms with van der Waals surface area (Å²) in [5, 5.41) is 26.5. The molecule has 5 unspecified atom stereocenters. The van der Waals surface area contributed by atoms with E-state index in [-0.39, 0.29) is 25.7 Å². The van der Waals surface area contributed by atoms with Crippen molar-refractivity contribution >= 4 is 41.4 Å². The van der Waals surface area contributed by atoms with Crippen LogP contribution >= 0.6 is 11.8 Å². The average Bonchev–Trinajstić information content (AvgIpc) is 2.83. The number of thioether (sulfide) groups is 1. The van der Waals surface area contributed by atoms with Crippen LogP contribution in [0.1, 0.15) is 31.7 Å². The topological polar surface area (TPSA) is 214 Å². The zero-order valence-corrected chi connectivity index (χ0v) is 21.1. The number of rotatable bonds is 16. The van der Waals surface area contributed by atoms with Crippen molar-refractivity contribution in [3.8, 4) is 0 Å². The maximum absolute atomic E-state index is 13.0. The van der Waals surface area contributed by atoms with Gasteiger partial charge in [-0.2, -0.15) is 11.8 Å². The molecule has 12 nitrogen and oxygen atoms in total. The van der Waals surface area contributed by atoms with Crippen LogP contribution in [0.4, 0.5) is 0 Å². The fourth-order valence-electron chi connectivity index (χ4n) is 3.14. The Morgan fingerprint density at radius 3 is 1.94 bits per heavy atom. The molecule has 36 heavy (non-hydrogen) atoms. The summed E-state index contributed by atoms with van der Waals surface area (Å²) in [6.45, 7) is 1.31. The lowest BCUT2D eigenvalue weighted by atomic mass is 10.0. The standard InChI is InChI=1S/C23H35N5O7S/c1-13(29)19(25)22(33)27-15(8-9-18(24)30)20(31)26-16(10-11-36-2)21(32)28-17(23(34)35)12-14-6-4-3-5-7-14/h3-7,13,15-17,19,29H,8-12,25H2,1-2H3,(H2,24,30)(H,26,31)(H,27,33)(H,28,32)(H,34,35). The van der Waals surface area contributed by atoms with E-state index < -0.39 is 59.9 Å². The summed E-state index contributed by atoms with van der Waals surface area (Å²) in [5.41, 5.74) is 11.5. The largest absolute Gasteiger partial charge is 0.480 e. The van der Waals surface area contributed by atoms with Crippen LogP contribution in [0.2, 0.25) is 0 Å². The molecule has 9 N–H and O–H groups in total. The highest BCUT2D eigenvalue weighted by molar-refractivity contribution is 7.98. The number of nitrogens with one attached hydrogen (secondary N) is 3. The number of amides is 4. The van der Waals surface area contributed by atoms with Crippen LogP contribution in [0.5, 0.6) is 0 Å². The summed E-state index contributed by atoms with van der Waals surface area (Å²) >= 11 is 1.42. The van der Waals surface area contributed by atoms with Crippen molar-refractivity contribution in [1.82, 2.24) is 16.0 Å². The van der Waals surface area contributed by atoms with Crippen LogP contribution in [0, 0.1) is 0 Å². The molecule has 0 aromatic heterocycles. The van der Waals surface area contributed by atoms with E-state index in [1.807, 2.05) is 0 Å². The molecule has 0 fully saturated rings. The van der Waals surface area contributed by atoms with Gasteiger partial charge in [0.1, 0.15) is 24.2 Å². The highest BCUT2D eigenvalue weighted by Gasteiger charge is 2.31. The summed E-state index contributed by atoms with van der Waals surface area (Å²) in [6, 6.07) is 3.83. The van der Waals surface area contributed by atoms with Crippen LogP contribution in [0.25, 0.3) is 0 Å². The Bertz CT molecular complexity index is 900. The van der Waals surface area contributed by atoms with E-state index in [0.717, 1.165) is 0 Å². The van der Waals surface area contributed by atoms with Gasteiger partial charge >= 0.3 is 5.97 Å². The smallest absolute Gasteiger partial charge is 0.326 e. The Labute approximate surface area is 213 Å². The fourth-order valence-corrected chi connectivity index (χ4v) is 3.61. The van der Waals surface area contributed by atoms with Gasteiger partial charge in [-0.3, -0.25) is 19.2 Å². The summed E-state index contributed by atoms with van der Waals surface area (Å²) in [7, 11) is 0. The van der Waals surface area contributed by atoms with Crippen molar-refractivity contribution in [1.29, 1.82) is 0 Å². The number of aliphatic hydroxyl groups is 1. The SMILES string of the molecule is CSCCC(NC(=O)C(CCC(N)=O)NC(=O)C(N)C(C)O)C(=O)NC(Cc1ccccc1)C(=O)O. The number of primary amides is 1. The van der Waals surface area contributed by atoms with Gasteiger partial charge in [0.25, 0.3) is 0 Å². The zero-order valence-electron chi connectivity index (χ0n) is 20.3. The van der Waals surface area contributed by atoms with Crippen LogP contribution in [0.15, 0.2) is 30.3 Å². The summed E-state index contributed by atoms with van der Waals surface area (Å²) in [6.07, 6.45) is 0.436. The highest BCUT2D eigenvalue weighted by Crippen LogP contribution is 2.08. The molecule has 0 saturated heterocycles. The number of carbonyl (C=O) groups is 5.